The summed E-state index contributed by atoms with van der Waals surface area (Å²) in [7, 11) is 0. The van der Waals surface area contributed by atoms with Crippen LogP contribution in [0.3, 0.4) is 0 Å². The van der Waals surface area contributed by atoms with Gasteiger partial charge in [0.15, 0.2) is 0 Å². The summed E-state index contributed by atoms with van der Waals surface area (Å²) in [6.45, 7) is 5.28. The SMILES string of the molecule is CCOC(CN)Cn1cccc(C)c1=O. The number of rotatable bonds is 5. The highest BCUT2D eigenvalue weighted by molar-refractivity contribution is 5.07. The summed E-state index contributed by atoms with van der Waals surface area (Å²) >= 11 is 0. The van der Waals surface area contributed by atoms with Crippen molar-refractivity contribution >= 4 is 0 Å². The summed E-state index contributed by atoms with van der Waals surface area (Å²) in [6.07, 6.45) is 1.67. The van der Waals surface area contributed by atoms with Crippen LogP contribution >= 0.6 is 0 Å². The average molecular weight is 210 g/mol. The Morgan fingerprint density at radius 3 is 2.93 bits per heavy atom. The molecule has 1 aromatic heterocycles. The Morgan fingerprint density at radius 2 is 2.33 bits per heavy atom. The van der Waals surface area contributed by atoms with Gasteiger partial charge in [0, 0.05) is 24.9 Å². The highest BCUT2D eigenvalue weighted by Crippen LogP contribution is 1.95. The van der Waals surface area contributed by atoms with Crippen molar-refractivity contribution in [2.45, 2.75) is 26.5 Å². The molecule has 1 atom stereocenters. The molecule has 0 aromatic carbocycles. The van der Waals surface area contributed by atoms with Gasteiger partial charge >= 0.3 is 0 Å². The van der Waals surface area contributed by atoms with Crippen molar-refractivity contribution < 1.29 is 4.74 Å². The third-order valence-corrected chi connectivity index (χ3v) is 2.28. The topological polar surface area (TPSA) is 57.2 Å². The van der Waals surface area contributed by atoms with Crippen molar-refractivity contribution in [1.82, 2.24) is 4.57 Å². The molecule has 0 fully saturated rings. The van der Waals surface area contributed by atoms with Gasteiger partial charge in [-0.25, -0.2) is 0 Å². The number of nitrogens with zero attached hydrogens (tertiary/aromatic N) is 1. The van der Waals surface area contributed by atoms with E-state index in [-0.39, 0.29) is 11.7 Å². The maximum absolute atomic E-state index is 11.7. The third-order valence-electron chi connectivity index (χ3n) is 2.28. The van der Waals surface area contributed by atoms with Crippen LogP contribution in [0.25, 0.3) is 0 Å². The van der Waals surface area contributed by atoms with E-state index in [1.807, 2.05) is 13.0 Å². The smallest absolute Gasteiger partial charge is 0.253 e. The molecule has 0 aliphatic heterocycles. The summed E-state index contributed by atoms with van der Waals surface area (Å²) < 4.78 is 7.05. The minimum absolute atomic E-state index is 0.0238. The van der Waals surface area contributed by atoms with Crippen LogP contribution in [0.1, 0.15) is 12.5 Å². The van der Waals surface area contributed by atoms with Crippen LogP contribution in [0.2, 0.25) is 0 Å². The average Bonchev–Trinajstić information content (AvgIpc) is 2.24. The zero-order valence-electron chi connectivity index (χ0n) is 9.27. The first-order valence-corrected chi connectivity index (χ1v) is 5.16. The first kappa shape index (κ1) is 11.9. The van der Waals surface area contributed by atoms with E-state index in [0.717, 1.165) is 5.56 Å². The van der Waals surface area contributed by atoms with Crippen molar-refractivity contribution in [2.75, 3.05) is 13.2 Å². The Kier molecular flexibility index (Phi) is 4.52. The first-order chi connectivity index (χ1) is 7.19. The van der Waals surface area contributed by atoms with Crippen LogP contribution in [0, 0.1) is 6.92 Å². The summed E-state index contributed by atoms with van der Waals surface area (Å²) in [5.41, 5.74) is 6.32. The van der Waals surface area contributed by atoms with E-state index in [0.29, 0.717) is 19.7 Å². The van der Waals surface area contributed by atoms with Crippen molar-refractivity contribution in [3.63, 3.8) is 0 Å². The first-order valence-electron chi connectivity index (χ1n) is 5.16. The fraction of sp³-hybridized carbons (Fsp3) is 0.545. The lowest BCUT2D eigenvalue weighted by Crippen LogP contribution is -2.33. The molecular formula is C11H18N2O2. The summed E-state index contributed by atoms with van der Waals surface area (Å²) in [4.78, 5) is 11.7. The lowest BCUT2D eigenvalue weighted by molar-refractivity contribution is 0.0560. The largest absolute Gasteiger partial charge is 0.375 e. The molecule has 0 aliphatic rings. The molecular weight excluding hydrogens is 192 g/mol. The van der Waals surface area contributed by atoms with E-state index in [4.69, 9.17) is 10.5 Å². The fourth-order valence-corrected chi connectivity index (χ4v) is 1.45. The van der Waals surface area contributed by atoms with Gasteiger partial charge in [-0.2, -0.15) is 0 Å². The van der Waals surface area contributed by atoms with Crippen LogP contribution in [-0.4, -0.2) is 23.8 Å². The van der Waals surface area contributed by atoms with Crippen LogP contribution < -0.4 is 11.3 Å². The number of aryl methyl sites for hydroxylation is 1. The number of hydrogen-bond donors (Lipinski definition) is 1. The molecule has 2 N–H and O–H groups in total. The van der Waals surface area contributed by atoms with E-state index in [1.165, 1.54) is 0 Å². The monoisotopic (exact) mass is 210 g/mol. The zero-order valence-corrected chi connectivity index (χ0v) is 9.27. The Labute approximate surface area is 89.7 Å². The maximum Gasteiger partial charge on any atom is 0.253 e. The van der Waals surface area contributed by atoms with Gasteiger partial charge in [0.05, 0.1) is 12.6 Å². The number of nitrogens with two attached hydrogens (primary N) is 1. The molecule has 1 heterocycles. The maximum atomic E-state index is 11.7. The number of ether oxygens (including phenoxy) is 1. The van der Waals surface area contributed by atoms with E-state index >= 15 is 0 Å². The second-order valence-corrected chi connectivity index (χ2v) is 3.46. The second kappa shape index (κ2) is 5.68. The molecule has 1 unspecified atom stereocenters. The minimum Gasteiger partial charge on any atom is -0.375 e. The number of aromatic nitrogens is 1. The Balaban J connectivity index is 2.79. The molecule has 0 saturated heterocycles. The third kappa shape index (κ3) is 3.18. The lowest BCUT2D eigenvalue weighted by Gasteiger charge is -2.16. The molecule has 4 heteroatoms. The molecule has 0 bridgehead atoms. The van der Waals surface area contributed by atoms with E-state index in [1.54, 1.807) is 23.8 Å². The molecule has 0 radical (unpaired) electrons. The van der Waals surface area contributed by atoms with Gasteiger partial charge in [0.1, 0.15) is 0 Å². The predicted molar refractivity (Wildman–Crippen MR) is 59.9 cm³/mol. The molecule has 1 rings (SSSR count). The van der Waals surface area contributed by atoms with Crippen LogP contribution in [-0.2, 0) is 11.3 Å². The van der Waals surface area contributed by atoms with E-state index in [2.05, 4.69) is 0 Å². The van der Waals surface area contributed by atoms with E-state index in [9.17, 15) is 4.79 Å². The van der Waals surface area contributed by atoms with Gasteiger partial charge in [-0.15, -0.1) is 0 Å². The molecule has 0 spiro atoms. The molecule has 0 saturated carbocycles. The number of pyridine rings is 1. The summed E-state index contributed by atoms with van der Waals surface area (Å²) in [6, 6.07) is 3.66. The summed E-state index contributed by atoms with van der Waals surface area (Å²) in [5, 5.41) is 0. The van der Waals surface area contributed by atoms with Gasteiger partial charge in [0.25, 0.3) is 5.56 Å². The van der Waals surface area contributed by atoms with Crippen molar-refractivity contribution in [1.29, 1.82) is 0 Å². The Bertz CT molecular complexity index is 360. The van der Waals surface area contributed by atoms with Gasteiger partial charge < -0.3 is 15.0 Å². The molecule has 15 heavy (non-hydrogen) atoms. The van der Waals surface area contributed by atoms with Crippen LogP contribution in [0.4, 0.5) is 0 Å². The van der Waals surface area contributed by atoms with Crippen molar-refractivity contribution in [2.24, 2.45) is 5.73 Å². The highest BCUT2D eigenvalue weighted by atomic mass is 16.5. The van der Waals surface area contributed by atoms with Gasteiger partial charge in [0.2, 0.25) is 0 Å². The zero-order chi connectivity index (χ0) is 11.3. The summed E-state index contributed by atoms with van der Waals surface area (Å²) in [5.74, 6) is 0. The predicted octanol–water partition coefficient (Wildman–Crippen LogP) is 0.521. The minimum atomic E-state index is -0.0884. The van der Waals surface area contributed by atoms with Gasteiger partial charge in [-0.05, 0) is 19.9 Å². The van der Waals surface area contributed by atoms with Gasteiger partial charge in [-0.3, -0.25) is 4.79 Å². The van der Waals surface area contributed by atoms with Gasteiger partial charge in [-0.1, -0.05) is 6.07 Å². The normalized spacial score (nSPS) is 12.7. The molecule has 84 valence electrons. The van der Waals surface area contributed by atoms with E-state index < -0.39 is 0 Å². The van der Waals surface area contributed by atoms with Crippen molar-refractivity contribution in [3.05, 3.63) is 34.2 Å². The number of hydrogen-bond acceptors (Lipinski definition) is 3. The lowest BCUT2D eigenvalue weighted by atomic mass is 10.3. The molecule has 1 aromatic rings. The van der Waals surface area contributed by atoms with Crippen LogP contribution in [0.15, 0.2) is 23.1 Å². The van der Waals surface area contributed by atoms with Crippen LogP contribution in [0.5, 0.6) is 0 Å². The molecule has 0 aliphatic carbocycles. The quantitative estimate of drug-likeness (QED) is 0.771. The molecule has 0 amide bonds. The fourth-order valence-electron chi connectivity index (χ4n) is 1.45. The molecule has 4 nitrogen and oxygen atoms in total. The highest BCUT2D eigenvalue weighted by Gasteiger charge is 2.08. The second-order valence-electron chi connectivity index (χ2n) is 3.46. The Hall–Kier alpha value is -1.13. The Morgan fingerprint density at radius 1 is 1.60 bits per heavy atom. The standard InChI is InChI=1S/C11H18N2O2/c1-3-15-10(7-12)8-13-6-4-5-9(2)11(13)14/h4-6,10H,3,7-8,12H2,1-2H3. The van der Waals surface area contributed by atoms with Crippen molar-refractivity contribution in [3.8, 4) is 0 Å².